The Balaban J connectivity index is 1.57. The summed E-state index contributed by atoms with van der Waals surface area (Å²) in [5, 5.41) is 0. The van der Waals surface area contributed by atoms with Gasteiger partial charge in [-0.2, -0.15) is 4.31 Å². The summed E-state index contributed by atoms with van der Waals surface area (Å²) in [5.74, 6) is 0.118. The molecule has 0 unspecified atom stereocenters. The lowest BCUT2D eigenvalue weighted by atomic mass is 10.1. The molecule has 0 atom stereocenters. The SMILES string of the molecule is Cc1cccc(OCC(=O)OCc2cccc(S(=O)(=O)N3CCOCC3)c2)c1C. The fourth-order valence-electron chi connectivity index (χ4n) is 2.95. The van der Waals surface area contributed by atoms with Crippen molar-refractivity contribution < 1.29 is 27.4 Å². The quantitative estimate of drug-likeness (QED) is 0.641. The monoisotopic (exact) mass is 419 g/mol. The molecule has 0 aliphatic carbocycles. The molecular weight excluding hydrogens is 394 g/mol. The van der Waals surface area contributed by atoms with Crippen molar-refractivity contribution in [3.63, 3.8) is 0 Å². The lowest BCUT2D eigenvalue weighted by molar-refractivity contribution is -0.147. The molecule has 0 spiro atoms. The van der Waals surface area contributed by atoms with Gasteiger partial charge in [-0.25, -0.2) is 13.2 Å². The highest BCUT2D eigenvalue weighted by atomic mass is 32.2. The molecule has 1 saturated heterocycles. The largest absolute Gasteiger partial charge is 0.482 e. The molecule has 156 valence electrons. The third-order valence-electron chi connectivity index (χ3n) is 4.81. The number of benzene rings is 2. The van der Waals surface area contributed by atoms with E-state index in [2.05, 4.69) is 0 Å². The van der Waals surface area contributed by atoms with Crippen molar-refractivity contribution in [1.82, 2.24) is 4.31 Å². The Labute approximate surface area is 171 Å². The molecule has 3 rings (SSSR count). The van der Waals surface area contributed by atoms with Crippen LogP contribution >= 0.6 is 0 Å². The third kappa shape index (κ3) is 5.35. The highest BCUT2D eigenvalue weighted by Gasteiger charge is 2.26. The number of carbonyl (C=O) groups excluding carboxylic acids is 1. The predicted octanol–water partition coefficient (Wildman–Crippen LogP) is 2.45. The number of nitrogens with zero attached hydrogens (tertiary/aromatic N) is 1. The van der Waals surface area contributed by atoms with Crippen molar-refractivity contribution in [3.8, 4) is 5.75 Å². The van der Waals surface area contributed by atoms with Gasteiger partial charge in [0.25, 0.3) is 0 Å². The lowest BCUT2D eigenvalue weighted by Gasteiger charge is -2.26. The van der Waals surface area contributed by atoms with E-state index in [4.69, 9.17) is 14.2 Å². The van der Waals surface area contributed by atoms with E-state index in [1.165, 1.54) is 10.4 Å². The number of hydrogen-bond acceptors (Lipinski definition) is 6. The number of hydrogen-bond donors (Lipinski definition) is 0. The summed E-state index contributed by atoms with van der Waals surface area (Å²) >= 11 is 0. The average molecular weight is 419 g/mol. The summed E-state index contributed by atoms with van der Waals surface area (Å²) in [7, 11) is -3.59. The Bertz CT molecular complexity index is 967. The molecule has 0 saturated carbocycles. The van der Waals surface area contributed by atoms with Crippen LogP contribution < -0.4 is 4.74 Å². The van der Waals surface area contributed by atoms with E-state index in [1.54, 1.807) is 24.3 Å². The first-order valence-corrected chi connectivity index (χ1v) is 10.8. The molecule has 0 aromatic heterocycles. The average Bonchev–Trinajstić information content (AvgIpc) is 2.74. The molecule has 0 bridgehead atoms. The van der Waals surface area contributed by atoms with Crippen LogP contribution in [0.4, 0.5) is 0 Å². The zero-order chi connectivity index (χ0) is 20.9. The van der Waals surface area contributed by atoms with Crippen molar-refractivity contribution in [2.45, 2.75) is 25.3 Å². The van der Waals surface area contributed by atoms with E-state index in [0.29, 0.717) is 37.6 Å². The van der Waals surface area contributed by atoms with E-state index >= 15 is 0 Å². The summed E-state index contributed by atoms with van der Waals surface area (Å²) in [5.41, 5.74) is 2.65. The van der Waals surface area contributed by atoms with Crippen LogP contribution in [0.3, 0.4) is 0 Å². The molecule has 1 aliphatic rings. The molecule has 0 amide bonds. The van der Waals surface area contributed by atoms with Crippen LogP contribution in [0.5, 0.6) is 5.75 Å². The van der Waals surface area contributed by atoms with Gasteiger partial charge >= 0.3 is 5.97 Å². The molecule has 2 aromatic rings. The number of aryl methyl sites for hydroxylation is 1. The van der Waals surface area contributed by atoms with Crippen molar-refractivity contribution in [1.29, 1.82) is 0 Å². The van der Waals surface area contributed by atoms with Gasteiger partial charge in [-0.1, -0.05) is 24.3 Å². The molecule has 0 N–H and O–H groups in total. The second kappa shape index (κ2) is 9.39. The molecule has 0 radical (unpaired) electrons. The number of ether oxygens (including phenoxy) is 3. The minimum Gasteiger partial charge on any atom is -0.482 e. The highest BCUT2D eigenvalue weighted by molar-refractivity contribution is 7.89. The second-order valence-corrected chi connectivity index (χ2v) is 8.75. The van der Waals surface area contributed by atoms with Crippen LogP contribution in [0.25, 0.3) is 0 Å². The van der Waals surface area contributed by atoms with Crippen molar-refractivity contribution in [2.24, 2.45) is 0 Å². The predicted molar refractivity (Wildman–Crippen MR) is 107 cm³/mol. The normalized spacial score (nSPS) is 15.1. The van der Waals surface area contributed by atoms with Gasteiger partial charge in [0.2, 0.25) is 10.0 Å². The van der Waals surface area contributed by atoms with Gasteiger partial charge in [-0.3, -0.25) is 0 Å². The fraction of sp³-hybridized carbons (Fsp3) is 0.381. The molecule has 1 aliphatic heterocycles. The van der Waals surface area contributed by atoms with E-state index in [9.17, 15) is 13.2 Å². The first-order chi connectivity index (χ1) is 13.9. The van der Waals surface area contributed by atoms with Crippen LogP contribution in [0.15, 0.2) is 47.4 Å². The summed E-state index contributed by atoms with van der Waals surface area (Å²) in [4.78, 5) is 12.2. The maximum absolute atomic E-state index is 12.7. The summed E-state index contributed by atoms with van der Waals surface area (Å²) in [6.07, 6.45) is 0. The third-order valence-corrected chi connectivity index (χ3v) is 6.70. The van der Waals surface area contributed by atoms with Gasteiger partial charge in [-0.15, -0.1) is 0 Å². The van der Waals surface area contributed by atoms with Gasteiger partial charge in [0.1, 0.15) is 12.4 Å². The van der Waals surface area contributed by atoms with Crippen molar-refractivity contribution in [3.05, 3.63) is 59.2 Å². The van der Waals surface area contributed by atoms with E-state index in [1.807, 2.05) is 26.0 Å². The van der Waals surface area contributed by atoms with Crippen LogP contribution in [0, 0.1) is 13.8 Å². The highest BCUT2D eigenvalue weighted by Crippen LogP contribution is 2.21. The molecule has 8 heteroatoms. The molecule has 7 nitrogen and oxygen atoms in total. The van der Waals surface area contributed by atoms with E-state index in [0.717, 1.165) is 11.1 Å². The van der Waals surface area contributed by atoms with Gasteiger partial charge in [0.15, 0.2) is 6.61 Å². The lowest BCUT2D eigenvalue weighted by Crippen LogP contribution is -2.40. The van der Waals surface area contributed by atoms with Crippen LogP contribution in [-0.2, 0) is 30.9 Å². The molecular formula is C21H25NO6S. The number of morpholine rings is 1. The number of carbonyl (C=O) groups is 1. The van der Waals surface area contributed by atoms with Crippen LogP contribution in [-0.4, -0.2) is 51.6 Å². The minimum absolute atomic E-state index is 0.0263. The zero-order valence-electron chi connectivity index (χ0n) is 16.6. The maximum atomic E-state index is 12.7. The van der Waals surface area contributed by atoms with E-state index < -0.39 is 16.0 Å². The second-order valence-electron chi connectivity index (χ2n) is 6.81. The van der Waals surface area contributed by atoms with Crippen molar-refractivity contribution >= 4 is 16.0 Å². The first-order valence-electron chi connectivity index (χ1n) is 9.39. The number of sulfonamides is 1. The van der Waals surface area contributed by atoms with Gasteiger partial charge in [-0.05, 0) is 48.7 Å². The molecule has 2 aromatic carbocycles. The minimum atomic E-state index is -3.59. The van der Waals surface area contributed by atoms with Crippen molar-refractivity contribution in [2.75, 3.05) is 32.9 Å². The molecule has 29 heavy (non-hydrogen) atoms. The van der Waals surface area contributed by atoms with Crippen LogP contribution in [0.1, 0.15) is 16.7 Å². The smallest absolute Gasteiger partial charge is 0.344 e. The number of rotatable bonds is 7. The Morgan fingerprint density at radius 2 is 1.83 bits per heavy atom. The maximum Gasteiger partial charge on any atom is 0.344 e. The first kappa shape index (κ1) is 21.3. The standard InChI is InChI=1S/C21H25NO6S/c1-16-5-3-8-20(17(16)2)27-15-21(23)28-14-18-6-4-7-19(13-18)29(24,25)22-9-11-26-12-10-22/h3-8,13H,9-12,14-15H2,1-2H3. The van der Waals surface area contributed by atoms with Gasteiger partial charge in [0.05, 0.1) is 18.1 Å². The van der Waals surface area contributed by atoms with Crippen LogP contribution in [0.2, 0.25) is 0 Å². The van der Waals surface area contributed by atoms with E-state index in [-0.39, 0.29) is 18.1 Å². The fourth-order valence-corrected chi connectivity index (χ4v) is 4.43. The Morgan fingerprint density at radius 3 is 2.59 bits per heavy atom. The number of esters is 1. The zero-order valence-corrected chi connectivity index (χ0v) is 17.4. The Morgan fingerprint density at radius 1 is 1.10 bits per heavy atom. The molecule has 1 fully saturated rings. The summed E-state index contributed by atoms with van der Waals surface area (Å²) in [6, 6.07) is 12.1. The topological polar surface area (TPSA) is 82.1 Å². The summed E-state index contributed by atoms with van der Waals surface area (Å²) < 4.78 is 42.9. The Kier molecular flexibility index (Phi) is 6.89. The Hall–Kier alpha value is -2.42. The van der Waals surface area contributed by atoms with Gasteiger partial charge < -0.3 is 14.2 Å². The summed E-state index contributed by atoms with van der Waals surface area (Å²) in [6.45, 7) is 5.09. The van der Waals surface area contributed by atoms with Gasteiger partial charge in [0, 0.05) is 13.1 Å². The molecule has 1 heterocycles.